The van der Waals surface area contributed by atoms with E-state index < -0.39 is 4.92 Å². The average molecular weight is 405 g/mol. The van der Waals surface area contributed by atoms with Crippen LogP contribution >= 0.6 is 23.4 Å². The molecule has 11 heteroatoms. The van der Waals surface area contributed by atoms with Gasteiger partial charge in [-0.05, 0) is 18.2 Å². The minimum atomic E-state index is -0.555. The molecule has 0 unspecified atom stereocenters. The number of carbonyl (C=O) groups excluding carboxylic acids is 1. The number of nitrogens with one attached hydrogen (secondary N) is 1. The van der Waals surface area contributed by atoms with E-state index in [1.807, 2.05) is 12.1 Å². The second-order valence-corrected chi connectivity index (χ2v) is 6.71. The van der Waals surface area contributed by atoms with Crippen molar-refractivity contribution in [2.45, 2.75) is 5.16 Å². The molecule has 0 aliphatic rings. The van der Waals surface area contributed by atoms with Crippen LogP contribution in [0.4, 0.5) is 11.4 Å². The van der Waals surface area contributed by atoms with E-state index in [9.17, 15) is 14.9 Å². The van der Waals surface area contributed by atoms with Crippen molar-refractivity contribution >= 4 is 40.6 Å². The number of aromatic nitrogens is 4. The summed E-state index contributed by atoms with van der Waals surface area (Å²) in [6.07, 6.45) is 3.32. The van der Waals surface area contributed by atoms with Crippen molar-refractivity contribution in [1.29, 1.82) is 0 Å². The highest BCUT2D eigenvalue weighted by molar-refractivity contribution is 7.99. The Labute approximate surface area is 162 Å². The monoisotopic (exact) mass is 404 g/mol. The number of thioether (sulfide) groups is 1. The summed E-state index contributed by atoms with van der Waals surface area (Å²) in [6, 6.07) is 7.48. The SMILES string of the molecule is Cn1c(SCC(=O)Nc2cc([N+](=O)[O-])ccc2Cl)nnc1-c1ccncc1. The van der Waals surface area contributed by atoms with Gasteiger partial charge in [-0.15, -0.1) is 10.2 Å². The molecule has 9 nitrogen and oxygen atoms in total. The summed E-state index contributed by atoms with van der Waals surface area (Å²) >= 11 is 7.17. The minimum Gasteiger partial charge on any atom is -0.324 e. The first-order valence-electron chi connectivity index (χ1n) is 7.62. The number of nitro groups is 1. The molecular weight excluding hydrogens is 392 g/mol. The Balaban J connectivity index is 1.66. The highest BCUT2D eigenvalue weighted by atomic mass is 35.5. The zero-order valence-corrected chi connectivity index (χ0v) is 15.6. The van der Waals surface area contributed by atoms with Crippen LogP contribution in [0.25, 0.3) is 11.4 Å². The van der Waals surface area contributed by atoms with Gasteiger partial charge in [0, 0.05) is 37.1 Å². The van der Waals surface area contributed by atoms with Gasteiger partial charge in [0.15, 0.2) is 11.0 Å². The first-order valence-corrected chi connectivity index (χ1v) is 8.98. The fourth-order valence-corrected chi connectivity index (χ4v) is 3.11. The quantitative estimate of drug-likeness (QED) is 0.381. The largest absolute Gasteiger partial charge is 0.324 e. The van der Waals surface area contributed by atoms with Crippen molar-refractivity contribution in [3.8, 4) is 11.4 Å². The molecule has 0 radical (unpaired) electrons. The van der Waals surface area contributed by atoms with Gasteiger partial charge in [-0.1, -0.05) is 23.4 Å². The molecule has 3 aromatic rings. The van der Waals surface area contributed by atoms with Crippen LogP contribution in [-0.4, -0.2) is 36.3 Å². The first-order chi connectivity index (χ1) is 13.0. The van der Waals surface area contributed by atoms with Crippen LogP contribution in [0.1, 0.15) is 0 Å². The molecule has 0 bridgehead atoms. The van der Waals surface area contributed by atoms with E-state index >= 15 is 0 Å². The zero-order chi connectivity index (χ0) is 19.4. The number of hydrogen-bond donors (Lipinski definition) is 1. The zero-order valence-electron chi connectivity index (χ0n) is 14.0. The molecule has 0 spiro atoms. The van der Waals surface area contributed by atoms with Gasteiger partial charge in [-0.25, -0.2) is 0 Å². The van der Waals surface area contributed by atoms with E-state index in [2.05, 4.69) is 20.5 Å². The topological polar surface area (TPSA) is 116 Å². The molecule has 2 aromatic heterocycles. The number of nitrogens with zero attached hydrogens (tertiary/aromatic N) is 5. The summed E-state index contributed by atoms with van der Waals surface area (Å²) in [5, 5.41) is 22.4. The average Bonchev–Trinajstić information content (AvgIpc) is 3.03. The Kier molecular flexibility index (Phi) is 5.67. The van der Waals surface area contributed by atoms with Crippen molar-refractivity contribution in [3.63, 3.8) is 0 Å². The molecule has 1 N–H and O–H groups in total. The van der Waals surface area contributed by atoms with E-state index in [1.54, 1.807) is 24.0 Å². The van der Waals surface area contributed by atoms with Crippen molar-refractivity contribution in [2.75, 3.05) is 11.1 Å². The Morgan fingerprint density at radius 1 is 1.30 bits per heavy atom. The maximum Gasteiger partial charge on any atom is 0.271 e. The summed E-state index contributed by atoms with van der Waals surface area (Å²) in [7, 11) is 1.80. The molecule has 0 aliphatic carbocycles. The Bertz CT molecular complexity index is 995. The lowest BCUT2D eigenvalue weighted by molar-refractivity contribution is -0.384. The molecule has 0 aliphatic heterocycles. The number of anilines is 1. The van der Waals surface area contributed by atoms with Crippen LogP contribution in [-0.2, 0) is 11.8 Å². The van der Waals surface area contributed by atoms with Gasteiger partial charge < -0.3 is 9.88 Å². The maximum atomic E-state index is 12.2. The molecule has 0 saturated carbocycles. The second-order valence-electron chi connectivity index (χ2n) is 5.36. The fourth-order valence-electron chi connectivity index (χ4n) is 2.23. The van der Waals surface area contributed by atoms with Gasteiger partial charge in [0.2, 0.25) is 5.91 Å². The lowest BCUT2D eigenvalue weighted by Crippen LogP contribution is -2.15. The standard InChI is InChI=1S/C16H13ClN6O3S/c1-22-15(10-4-6-18-7-5-10)20-21-16(22)27-9-14(24)19-13-8-11(23(25)26)2-3-12(13)17/h2-8H,9H2,1H3,(H,19,24). The van der Waals surface area contributed by atoms with Gasteiger partial charge >= 0.3 is 0 Å². The van der Waals surface area contributed by atoms with Gasteiger partial charge in [-0.3, -0.25) is 19.9 Å². The minimum absolute atomic E-state index is 0.0430. The number of pyridine rings is 1. The normalized spacial score (nSPS) is 10.6. The third kappa shape index (κ3) is 4.41. The van der Waals surface area contributed by atoms with E-state index in [-0.39, 0.29) is 28.1 Å². The lowest BCUT2D eigenvalue weighted by Gasteiger charge is -2.07. The predicted molar refractivity (Wildman–Crippen MR) is 102 cm³/mol. The maximum absolute atomic E-state index is 12.2. The van der Waals surface area contributed by atoms with E-state index in [0.717, 1.165) is 5.56 Å². The number of amides is 1. The van der Waals surface area contributed by atoms with Crippen LogP contribution < -0.4 is 5.32 Å². The number of hydrogen-bond acceptors (Lipinski definition) is 7. The summed E-state index contributed by atoms with van der Waals surface area (Å²) in [6.45, 7) is 0. The van der Waals surface area contributed by atoms with Crippen LogP contribution in [0.15, 0.2) is 47.9 Å². The van der Waals surface area contributed by atoms with Gasteiger partial charge in [0.1, 0.15) is 0 Å². The highest BCUT2D eigenvalue weighted by Crippen LogP contribution is 2.27. The third-order valence-electron chi connectivity index (χ3n) is 3.54. The summed E-state index contributed by atoms with van der Waals surface area (Å²) < 4.78 is 1.77. The van der Waals surface area contributed by atoms with Crippen molar-refractivity contribution in [1.82, 2.24) is 19.7 Å². The Morgan fingerprint density at radius 3 is 2.74 bits per heavy atom. The van der Waals surface area contributed by atoms with Crippen molar-refractivity contribution < 1.29 is 9.72 Å². The van der Waals surface area contributed by atoms with Crippen molar-refractivity contribution in [2.24, 2.45) is 7.05 Å². The molecule has 27 heavy (non-hydrogen) atoms. The second kappa shape index (κ2) is 8.14. The van der Waals surface area contributed by atoms with Crippen LogP contribution in [0.2, 0.25) is 5.02 Å². The van der Waals surface area contributed by atoms with Crippen LogP contribution in [0.3, 0.4) is 0 Å². The summed E-state index contributed by atoms with van der Waals surface area (Å²) in [5.41, 5.74) is 0.893. The Morgan fingerprint density at radius 2 is 2.04 bits per heavy atom. The number of halogens is 1. The molecular formula is C16H13ClN6O3S. The number of rotatable bonds is 6. The highest BCUT2D eigenvalue weighted by Gasteiger charge is 2.15. The number of non-ortho nitro benzene ring substituents is 1. The lowest BCUT2D eigenvalue weighted by atomic mass is 10.2. The van der Waals surface area contributed by atoms with Gasteiger partial charge in [0.25, 0.3) is 5.69 Å². The summed E-state index contributed by atoms with van der Waals surface area (Å²) in [5.74, 6) is 0.333. The number of carbonyl (C=O) groups is 1. The first kappa shape index (κ1) is 18.8. The molecule has 1 amide bonds. The van der Waals surface area contributed by atoms with E-state index in [4.69, 9.17) is 11.6 Å². The molecule has 138 valence electrons. The molecule has 0 fully saturated rings. The fraction of sp³-hybridized carbons (Fsp3) is 0.125. The Hall–Kier alpha value is -2.98. The molecule has 0 saturated heterocycles. The molecule has 1 aromatic carbocycles. The predicted octanol–water partition coefficient (Wildman–Crippen LogP) is 3.17. The van der Waals surface area contributed by atoms with Gasteiger partial charge in [-0.2, -0.15) is 0 Å². The van der Waals surface area contributed by atoms with Crippen molar-refractivity contribution in [3.05, 3.63) is 57.9 Å². The number of benzene rings is 1. The molecule has 2 heterocycles. The summed E-state index contributed by atoms with van der Waals surface area (Å²) in [4.78, 5) is 26.4. The number of nitro benzene ring substituents is 1. The third-order valence-corrected chi connectivity index (χ3v) is 4.89. The molecule has 3 rings (SSSR count). The molecule has 0 atom stereocenters. The van der Waals surface area contributed by atoms with E-state index in [0.29, 0.717) is 11.0 Å². The van der Waals surface area contributed by atoms with E-state index in [1.165, 1.54) is 30.0 Å². The van der Waals surface area contributed by atoms with Crippen LogP contribution in [0.5, 0.6) is 0 Å². The van der Waals surface area contributed by atoms with Gasteiger partial charge in [0.05, 0.1) is 21.4 Å². The smallest absolute Gasteiger partial charge is 0.271 e. The van der Waals surface area contributed by atoms with Crippen LogP contribution in [0, 0.1) is 10.1 Å².